The number of aryl methyl sites for hydroxylation is 1. The minimum Gasteiger partial charge on any atom is -0.493 e. The number of pyridine rings is 1. The zero-order chi connectivity index (χ0) is 32.8. The minimum atomic E-state index is -0.827. The summed E-state index contributed by atoms with van der Waals surface area (Å²) >= 11 is 6.33. The van der Waals surface area contributed by atoms with Crippen LogP contribution in [0.15, 0.2) is 48.7 Å². The molecule has 7 rings (SSSR count). The van der Waals surface area contributed by atoms with E-state index in [2.05, 4.69) is 36.3 Å². The Labute approximate surface area is 283 Å². The molecule has 3 aromatic rings. The van der Waals surface area contributed by atoms with Gasteiger partial charge in [0.05, 0.1) is 13.7 Å². The fraction of sp³-hybridized carbons (Fsp3) is 0.538. The largest absolute Gasteiger partial charge is 0.493 e. The molecule has 0 unspecified atom stereocenters. The average Bonchev–Trinajstić information content (AvgIpc) is 3.34. The Hall–Kier alpha value is -3.45. The molecule has 1 fully saturated rings. The molecule has 1 aliphatic heterocycles. The number of ether oxygens (including phenoxy) is 4. The summed E-state index contributed by atoms with van der Waals surface area (Å²) in [5.74, 6) is 3.65. The molecule has 4 atom stereocenters. The van der Waals surface area contributed by atoms with Crippen molar-refractivity contribution in [3.8, 4) is 17.2 Å². The Kier molecular flexibility index (Phi) is 8.79. The highest BCUT2D eigenvalue weighted by Gasteiger charge is 2.55. The van der Waals surface area contributed by atoms with Gasteiger partial charge in [-0.05, 0) is 135 Å². The van der Waals surface area contributed by atoms with E-state index in [-0.39, 0.29) is 17.5 Å². The number of anilines is 1. The number of hydrogen-bond donors (Lipinski definition) is 1. The predicted molar refractivity (Wildman–Crippen MR) is 184 cm³/mol. The molecule has 3 aliphatic carbocycles. The molecule has 2 aromatic carbocycles. The van der Waals surface area contributed by atoms with Crippen LogP contribution >= 0.6 is 11.6 Å². The van der Waals surface area contributed by atoms with Crippen LogP contribution in [-0.2, 0) is 27.8 Å². The van der Waals surface area contributed by atoms with E-state index in [9.17, 15) is 4.79 Å². The third-order valence-electron chi connectivity index (χ3n) is 11.3. The van der Waals surface area contributed by atoms with E-state index < -0.39 is 5.54 Å². The van der Waals surface area contributed by atoms with Gasteiger partial charge in [-0.15, -0.1) is 0 Å². The number of benzene rings is 2. The molecule has 47 heavy (non-hydrogen) atoms. The fourth-order valence-electron chi connectivity index (χ4n) is 8.96. The molecular formula is C39H47ClN2O5. The quantitative estimate of drug-likeness (QED) is 0.243. The van der Waals surface area contributed by atoms with E-state index in [4.69, 9.17) is 30.5 Å². The Morgan fingerprint density at radius 1 is 1.13 bits per heavy atom. The third-order valence-corrected chi connectivity index (χ3v) is 11.6. The van der Waals surface area contributed by atoms with Crippen LogP contribution < -0.4 is 19.5 Å². The van der Waals surface area contributed by atoms with Crippen molar-refractivity contribution in [1.82, 2.24) is 4.98 Å². The van der Waals surface area contributed by atoms with E-state index in [0.29, 0.717) is 48.8 Å². The van der Waals surface area contributed by atoms with E-state index >= 15 is 0 Å². The maximum Gasteiger partial charge on any atom is 0.331 e. The number of nitrogens with zero attached hydrogens (tertiary/aromatic N) is 1. The molecule has 1 spiro atoms. The molecule has 4 aliphatic rings. The highest BCUT2D eigenvalue weighted by molar-refractivity contribution is 6.30. The first-order valence-electron chi connectivity index (χ1n) is 17.4. The smallest absolute Gasteiger partial charge is 0.331 e. The maximum atomic E-state index is 13.5. The molecule has 0 amide bonds. The second kappa shape index (κ2) is 12.9. The van der Waals surface area contributed by atoms with Crippen LogP contribution in [0.1, 0.15) is 94.0 Å². The number of carbonyl (C=O) groups excluding carboxylic acids is 1. The number of aromatic nitrogens is 1. The lowest BCUT2D eigenvalue weighted by Crippen LogP contribution is -2.53. The molecule has 250 valence electrons. The van der Waals surface area contributed by atoms with Gasteiger partial charge in [0, 0.05) is 28.2 Å². The van der Waals surface area contributed by atoms with Crippen LogP contribution in [0.4, 0.5) is 5.69 Å². The average molecular weight is 659 g/mol. The van der Waals surface area contributed by atoms with Crippen LogP contribution in [0.25, 0.3) is 0 Å². The maximum absolute atomic E-state index is 13.5. The second-order valence-electron chi connectivity index (χ2n) is 14.6. The first-order chi connectivity index (χ1) is 22.7. The SMILES string of the molecule is COC(=O)C1(Nc2cccc(Cl)c2)CCC2(CC1)c1cc3c(cc1C[C@@H]2C[C@@H](C)COc1ccnc2c1[C@H](C)CCC2)OC[C@H](C)O3. The molecule has 7 nitrogen and oxygen atoms in total. The summed E-state index contributed by atoms with van der Waals surface area (Å²) in [6.45, 7) is 7.87. The second-order valence-corrected chi connectivity index (χ2v) is 15.0. The molecular weight excluding hydrogens is 612 g/mol. The number of carbonyl (C=O) groups is 1. The van der Waals surface area contributed by atoms with Crippen molar-refractivity contribution in [3.63, 3.8) is 0 Å². The Morgan fingerprint density at radius 3 is 2.74 bits per heavy atom. The third kappa shape index (κ3) is 6.05. The first-order valence-corrected chi connectivity index (χ1v) is 17.8. The van der Waals surface area contributed by atoms with Gasteiger partial charge >= 0.3 is 5.97 Å². The summed E-state index contributed by atoms with van der Waals surface area (Å²) in [5.41, 5.74) is 5.09. The monoisotopic (exact) mass is 658 g/mol. The predicted octanol–water partition coefficient (Wildman–Crippen LogP) is 8.45. The highest BCUT2D eigenvalue weighted by Crippen LogP contribution is 2.58. The van der Waals surface area contributed by atoms with E-state index in [1.54, 1.807) is 0 Å². The van der Waals surface area contributed by atoms with Gasteiger partial charge in [0.15, 0.2) is 11.5 Å². The van der Waals surface area contributed by atoms with Crippen LogP contribution in [0.5, 0.6) is 17.2 Å². The van der Waals surface area contributed by atoms with Gasteiger partial charge in [-0.2, -0.15) is 0 Å². The zero-order valence-electron chi connectivity index (χ0n) is 28.1. The van der Waals surface area contributed by atoms with Crippen molar-refractivity contribution in [2.45, 2.75) is 102 Å². The summed E-state index contributed by atoms with van der Waals surface area (Å²) in [5, 5.41) is 4.20. The molecule has 8 heteroatoms. The van der Waals surface area contributed by atoms with Gasteiger partial charge < -0.3 is 24.3 Å². The summed E-state index contributed by atoms with van der Waals surface area (Å²) in [4.78, 5) is 18.2. The van der Waals surface area contributed by atoms with Gasteiger partial charge in [-0.3, -0.25) is 4.98 Å². The molecule has 1 saturated carbocycles. The number of esters is 1. The number of nitrogens with one attached hydrogen (secondary N) is 1. The zero-order valence-corrected chi connectivity index (χ0v) is 28.8. The van der Waals surface area contributed by atoms with Crippen molar-refractivity contribution in [2.24, 2.45) is 11.8 Å². The Balaban J connectivity index is 1.16. The van der Waals surface area contributed by atoms with Crippen molar-refractivity contribution in [1.29, 1.82) is 0 Å². The Morgan fingerprint density at radius 2 is 1.96 bits per heavy atom. The van der Waals surface area contributed by atoms with Gasteiger partial charge in [0.2, 0.25) is 0 Å². The van der Waals surface area contributed by atoms with E-state index in [1.807, 2.05) is 43.5 Å². The standard InChI is InChI=1S/C39H47ClN2O5/c1-24(22-45-33-11-16-41-32-10-5-7-25(2)36(32)33)17-28-18-27-19-34-35(47-26(3)23-46-34)21-31(27)38(28)12-14-39(15-13-38,37(43)44-4)42-30-9-6-8-29(40)20-30/h6,8-9,11,16,19-21,24-26,28,42H,5,7,10,12-15,17-18,22-23H2,1-4H3/t24-,25-,26+,28+,38?,39?/m1/s1. The van der Waals surface area contributed by atoms with E-state index in [0.717, 1.165) is 55.0 Å². The normalized spacial score (nSPS) is 28.2. The van der Waals surface area contributed by atoms with Gasteiger partial charge in [-0.25, -0.2) is 4.79 Å². The summed E-state index contributed by atoms with van der Waals surface area (Å²) in [7, 11) is 1.48. The van der Waals surface area contributed by atoms with Crippen LogP contribution in [0, 0.1) is 11.8 Å². The number of rotatable bonds is 8. The summed E-state index contributed by atoms with van der Waals surface area (Å²) < 4.78 is 24.4. The number of fused-ring (bicyclic) bond motifs is 4. The first kappa shape index (κ1) is 32.1. The summed E-state index contributed by atoms with van der Waals surface area (Å²) in [6, 6.07) is 14.1. The van der Waals surface area contributed by atoms with Crippen molar-refractivity contribution in [3.05, 3.63) is 76.1 Å². The lowest BCUT2D eigenvalue weighted by Gasteiger charge is -2.48. The molecule has 2 heterocycles. The molecule has 0 radical (unpaired) electrons. The lowest BCUT2D eigenvalue weighted by molar-refractivity contribution is -0.148. The minimum absolute atomic E-state index is 0.00717. The molecule has 0 bridgehead atoms. The summed E-state index contributed by atoms with van der Waals surface area (Å²) in [6.07, 6.45) is 10.3. The van der Waals surface area contributed by atoms with Gasteiger partial charge in [-0.1, -0.05) is 31.5 Å². The van der Waals surface area contributed by atoms with Crippen molar-refractivity contribution < 1.29 is 23.7 Å². The topological polar surface area (TPSA) is 78.9 Å². The number of hydrogen-bond acceptors (Lipinski definition) is 7. The van der Waals surface area contributed by atoms with Gasteiger partial charge in [0.1, 0.15) is 24.0 Å². The highest BCUT2D eigenvalue weighted by atomic mass is 35.5. The van der Waals surface area contributed by atoms with Gasteiger partial charge in [0.25, 0.3) is 0 Å². The van der Waals surface area contributed by atoms with Crippen LogP contribution in [0.3, 0.4) is 0 Å². The van der Waals surface area contributed by atoms with Crippen molar-refractivity contribution in [2.75, 3.05) is 25.6 Å². The number of methoxy groups -OCH3 is 1. The molecule has 0 saturated heterocycles. The number of halogens is 1. The molecule has 1 N–H and O–H groups in total. The lowest BCUT2D eigenvalue weighted by atomic mass is 9.59. The Bertz CT molecular complexity index is 1630. The fourth-order valence-corrected chi connectivity index (χ4v) is 9.15. The molecule has 1 aromatic heterocycles. The van der Waals surface area contributed by atoms with Crippen molar-refractivity contribution >= 4 is 23.3 Å². The van der Waals surface area contributed by atoms with Crippen LogP contribution in [-0.4, -0.2) is 42.9 Å². The van der Waals surface area contributed by atoms with E-state index in [1.165, 1.54) is 42.3 Å². The van der Waals surface area contributed by atoms with Crippen LogP contribution in [0.2, 0.25) is 5.02 Å².